The number of carbonyl (C=O) groups is 1. The number of alkyl halides is 1. The lowest BCUT2D eigenvalue weighted by atomic mass is 9.84. The molecule has 0 aromatic heterocycles. The fourth-order valence-corrected chi connectivity index (χ4v) is 3.28. The number of benzene rings is 1. The van der Waals surface area contributed by atoms with E-state index in [0.29, 0.717) is 17.9 Å². The average Bonchev–Trinajstić information content (AvgIpc) is 2.48. The van der Waals surface area contributed by atoms with Crippen molar-refractivity contribution in [2.75, 3.05) is 19.0 Å². The highest BCUT2D eigenvalue weighted by Crippen LogP contribution is 2.28. The summed E-state index contributed by atoms with van der Waals surface area (Å²) in [5.74, 6) is 0.482. The van der Waals surface area contributed by atoms with Crippen molar-refractivity contribution in [3.05, 3.63) is 28.2 Å². The molecule has 0 unspecified atom stereocenters. The van der Waals surface area contributed by atoms with Gasteiger partial charge in [-0.05, 0) is 36.5 Å². The Morgan fingerprint density at radius 2 is 2.00 bits per heavy atom. The van der Waals surface area contributed by atoms with Crippen molar-refractivity contribution in [1.82, 2.24) is 5.32 Å². The van der Waals surface area contributed by atoms with Crippen LogP contribution in [0.25, 0.3) is 0 Å². The Morgan fingerprint density at radius 1 is 1.35 bits per heavy atom. The van der Waals surface area contributed by atoms with Crippen LogP contribution in [-0.2, 0) is 0 Å². The maximum absolute atomic E-state index is 12.3. The predicted molar refractivity (Wildman–Crippen MR) is 89.8 cm³/mol. The lowest BCUT2D eigenvalue weighted by Gasteiger charge is -2.29. The van der Waals surface area contributed by atoms with E-state index in [1.807, 2.05) is 6.07 Å². The summed E-state index contributed by atoms with van der Waals surface area (Å²) in [6.07, 6.45) is 2.04. The first-order chi connectivity index (χ1) is 9.51. The van der Waals surface area contributed by atoms with Crippen LogP contribution in [0.3, 0.4) is 0 Å². The molecular formula is C15H21Br2NO2. The number of amides is 1. The van der Waals surface area contributed by atoms with E-state index in [0.717, 1.165) is 22.6 Å². The number of methoxy groups -OCH3 is 1. The molecule has 20 heavy (non-hydrogen) atoms. The minimum Gasteiger partial charge on any atom is -0.496 e. The molecule has 1 N–H and O–H groups in total. The quantitative estimate of drug-likeness (QED) is 0.682. The van der Waals surface area contributed by atoms with Gasteiger partial charge in [0.2, 0.25) is 0 Å². The molecule has 0 aliphatic carbocycles. The monoisotopic (exact) mass is 405 g/mol. The second-order valence-electron chi connectivity index (χ2n) is 4.87. The largest absolute Gasteiger partial charge is 0.496 e. The lowest BCUT2D eigenvalue weighted by Crippen LogP contribution is -2.38. The molecule has 0 bridgehead atoms. The Balaban J connectivity index is 2.82. The van der Waals surface area contributed by atoms with E-state index in [-0.39, 0.29) is 11.3 Å². The van der Waals surface area contributed by atoms with Crippen LogP contribution in [0.5, 0.6) is 5.75 Å². The van der Waals surface area contributed by atoms with Gasteiger partial charge < -0.3 is 10.1 Å². The van der Waals surface area contributed by atoms with Crippen molar-refractivity contribution >= 4 is 37.8 Å². The van der Waals surface area contributed by atoms with Gasteiger partial charge in [0.25, 0.3) is 5.91 Å². The molecule has 0 aliphatic rings. The minimum absolute atomic E-state index is 0.0958. The number of halogens is 2. The van der Waals surface area contributed by atoms with Crippen LogP contribution < -0.4 is 10.1 Å². The first-order valence-corrected chi connectivity index (χ1v) is 8.61. The fourth-order valence-electron chi connectivity index (χ4n) is 1.95. The summed E-state index contributed by atoms with van der Waals surface area (Å²) in [5, 5.41) is 3.90. The van der Waals surface area contributed by atoms with Gasteiger partial charge in [0, 0.05) is 16.3 Å². The summed E-state index contributed by atoms with van der Waals surface area (Å²) in [4.78, 5) is 12.3. The zero-order valence-electron chi connectivity index (χ0n) is 12.1. The van der Waals surface area contributed by atoms with E-state index in [4.69, 9.17) is 4.74 Å². The summed E-state index contributed by atoms with van der Waals surface area (Å²) in [6, 6.07) is 5.41. The molecular weight excluding hydrogens is 386 g/mol. The summed E-state index contributed by atoms with van der Waals surface area (Å²) < 4.78 is 6.15. The van der Waals surface area contributed by atoms with Gasteiger partial charge in [0.05, 0.1) is 12.7 Å². The molecule has 0 spiro atoms. The highest BCUT2D eigenvalue weighted by molar-refractivity contribution is 9.10. The number of carbonyl (C=O) groups excluding carboxylic acids is 1. The Bertz CT molecular complexity index is 451. The van der Waals surface area contributed by atoms with Crippen molar-refractivity contribution in [3.8, 4) is 5.75 Å². The van der Waals surface area contributed by atoms with E-state index >= 15 is 0 Å². The third-order valence-electron chi connectivity index (χ3n) is 3.82. The summed E-state index contributed by atoms with van der Waals surface area (Å²) in [5.41, 5.74) is 0.671. The van der Waals surface area contributed by atoms with Crippen LogP contribution in [0.4, 0.5) is 0 Å². The molecule has 0 radical (unpaired) electrons. The summed E-state index contributed by atoms with van der Waals surface area (Å²) >= 11 is 6.93. The topological polar surface area (TPSA) is 38.3 Å². The van der Waals surface area contributed by atoms with Gasteiger partial charge in [-0.2, -0.15) is 0 Å². The SMILES string of the molecule is CCC(CC)(CBr)CNC(=O)c1ccc(Br)cc1OC. The number of nitrogens with one attached hydrogen (secondary N) is 1. The van der Waals surface area contributed by atoms with Gasteiger partial charge in [0.1, 0.15) is 5.75 Å². The smallest absolute Gasteiger partial charge is 0.255 e. The van der Waals surface area contributed by atoms with Crippen molar-refractivity contribution in [3.63, 3.8) is 0 Å². The molecule has 5 heteroatoms. The van der Waals surface area contributed by atoms with E-state index in [1.165, 1.54) is 0 Å². The van der Waals surface area contributed by atoms with Crippen LogP contribution in [0.1, 0.15) is 37.0 Å². The molecule has 0 fully saturated rings. The van der Waals surface area contributed by atoms with Gasteiger partial charge in [-0.15, -0.1) is 0 Å². The first kappa shape index (κ1) is 17.5. The minimum atomic E-state index is -0.0958. The van der Waals surface area contributed by atoms with Crippen molar-refractivity contribution in [1.29, 1.82) is 0 Å². The Morgan fingerprint density at radius 3 is 2.50 bits per heavy atom. The fraction of sp³-hybridized carbons (Fsp3) is 0.533. The molecule has 1 amide bonds. The highest BCUT2D eigenvalue weighted by atomic mass is 79.9. The van der Waals surface area contributed by atoms with Crippen molar-refractivity contribution in [2.24, 2.45) is 5.41 Å². The van der Waals surface area contributed by atoms with E-state index in [9.17, 15) is 4.79 Å². The van der Waals surface area contributed by atoms with Crippen LogP contribution in [0.2, 0.25) is 0 Å². The normalized spacial score (nSPS) is 11.2. The molecule has 1 rings (SSSR count). The molecule has 0 aliphatic heterocycles. The maximum Gasteiger partial charge on any atom is 0.255 e. The number of ether oxygens (including phenoxy) is 1. The van der Waals surface area contributed by atoms with Gasteiger partial charge >= 0.3 is 0 Å². The molecule has 0 saturated carbocycles. The molecule has 0 saturated heterocycles. The zero-order valence-corrected chi connectivity index (χ0v) is 15.3. The average molecular weight is 407 g/mol. The first-order valence-electron chi connectivity index (χ1n) is 6.69. The third-order valence-corrected chi connectivity index (χ3v) is 5.50. The molecule has 112 valence electrons. The number of hydrogen-bond acceptors (Lipinski definition) is 2. The Kier molecular flexibility index (Phi) is 7.03. The number of hydrogen-bond donors (Lipinski definition) is 1. The Hall–Kier alpha value is -0.550. The van der Waals surface area contributed by atoms with Crippen molar-refractivity contribution in [2.45, 2.75) is 26.7 Å². The third kappa shape index (κ3) is 4.22. The predicted octanol–water partition coefficient (Wildman–Crippen LogP) is 4.39. The van der Waals surface area contributed by atoms with E-state index < -0.39 is 0 Å². The van der Waals surface area contributed by atoms with Crippen LogP contribution in [0, 0.1) is 5.41 Å². The van der Waals surface area contributed by atoms with Crippen molar-refractivity contribution < 1.29 is 9.53 Å². The second kappa shape index (κ2) is 8.03. The summed E-state index contributed by atoms with van der Waals surface area (Å²) in [7, 11) is 1.57. The van der Waals surface area contributed by atoms with E-state index in [2.05, 4.69) is 51.0 Å². The molecule has 1 aromatic rings. The molecule has 3 nitrogen and oxygen atoms in total. The van der Waals surface area contributed by atoms with Crippen LogP contribution in [0.15, 0.2) is 22.7 Å². The van der Waals surface area contributed by atoms with Crippen LogP contribution >= 0.6 is 31.9 Å². The standard InChI is InChI=1S/C15H21Br2NO2/c1-4-15(5-2,9-16)10-18-14(19)12-7-6-11(17)8-13(12)20-3/h6-8H,4-5,9-10H2,1-3H3,(H,18,19). The van der Waals surface area contributed by atoms with Gasteiger partial charge in [-0.1, -0.05) is 45.7 Å². The molecule has 1 aromatic carbocycles. The highest BCUT2D eigenvalue weighted by Gasteiger charge is 2.26. The summed E-state index contributed by atoms with van der Waals surface area (Å²) in [6.45, 7) is 4.96. The number of rotatable bonds is 7. The maximum atomic E-state index is 12.3. The van der Waals surface area contributed by atoms with Gasteiger partial charge in [-0.25, -0.2) is 0 Å². The van der Waals surface area contributed by atoms with Crippen LogP contribution in [-0.4, -0.2) is 24.9 Å². The zero-order chi connectivity index (χ0) is 15.2. The Labute approximate surface area is 137 Å². The molecule has 0 heterocycles. The lowest BCUT2D eigenvalue weighted by molar-refractivity contribution is 0.0929. The van der Waals surface area contributed by atoms with Gasteiger partial charge in [-0.3, -0.25) is 4.79 Å². The van der Waals surface area contributed by atoms with Gasteiger partial charge in [0.15, 0.2) is 0 Å². The second-order valence-corrected chi connectivity index (χ2v) is 6.34. The van der Waals surface area contributed by atoms with E-state index in [1.54, 1.807) is 19.2 Å². The molecule has 0 atom stereocenters.